The predicted octanol–water partition coefficient (Wildman–Crippen LogP) is 1.10. The molecule has 70 valence electrons. The third-order valence-corrected chi connectivity index (χ3v) is 1.16. The average molecular weight is 212 g/mol. The van der Waals surface area contributed by atoms with E-state index in [0.29, 0.717) is 17.3 Å². The average Bonchev–Trinajstić information content (AvgIpc) is 1.95. The lowest BCUT2D eigenvalue weighted by Crippen LogP contribution is -1.97. The number of nitrogen functional groups attached to an aromatic ring is 2. The molecular weight excluding hydrogens is 201 g/mol. The summed E-state index contributed by atoms with van der Waals surface area (Å²) in [6, 6.07) is 1.63. The SMILES string of the molecule is COc1cnc(N)c(N)c1.Cl.Cl. The van der Waals surface area contributed by atoms with Crippen molar-refractivity contribution in [2.45, 2.75) is 0 Å². The second-order valence-corrected chi connectivity index (χ2v) is 1.85. The van der Waals surface area contributed by atoms with Crippen molar-refractivity contribution in [3.63, 3.8) is 0 Å². The molecule has 0 aromatic carbocycles. The molecule has 0 aliphatic heterocycles. The molecule has 0 saturated heterocycles. The quantitative estimate of drug-likeness (QED) is 0.730. The Bertz CT molecular complexity index is 244. The number of nitrogens with two attached hydrogens (primary N) is 2. The Morgan fingerprint density at radius 1 is 1.33 bits per heavy atom. The van der Waals surface area contributed by atoms with Gasteiger partial charge >= 0.3 is 0 Å². The highest BCUT2D eigenvalue weighted by molar-refractivity contribution is 5.85. The molecule has 0 bridgehead atoms. The van der Waals surface area contributed by atoms with E-state index >= 15 is 0 Å². The minimum Gasteiger partial charge on any atom is -0.495 e. The van der Waals surface area contributed by atoms with E-state index in [2.05, 4.69) is 4.98 Å². The lowest BCUT2D eigenvalue weighted by Gasteiger charge is -2.01. The summed E-state index contributed by atoms with van der Waals surface area (Å²) >= 11 is 0. The molecule has 0 amide bonds. The Morgan fingerprint density at radius 3 is 2.33 bits per heavy atom. The van der Waals surface area contributed by atoms with Gasteiger partial charge in [-0.05, 0) is 0 Å². The molecule has 4 nitrogen and oxygen atoms in total. The summed E-state index contributed by atoms with van der Waals surface area (Å²) < 4.78 is 4.85. The van der Waals surface area contributed by atoms with Crippen LogP contribution in [0.15, 0.2) is 12.3 Å². The van der Waals surface area contributed by atoms with Crippen LogP contribution in [0.3, 0.4) is 0 Å². The van der Waals surface area contributed by atoms with E-state index in [1.165, 1.54) is 6.20 Å². The van der Waals surface area contributed by atoms with Crippen LogP contribution in [0.1, 0.15) is 0 Å². The topological polar surface area (TPSA) is 74.2 Å². The van der Waals surface area contributed by atoms with Gasteiger partial charge in [-0.25, -0.2) is 4.98 Å². The number of pyridine rings is 1. The minimum atomic E-state index is 0. The van der Waals surface area contributed by atoms with Crippen LogP contribution in [0.2, 0.25) is 0 Å². The molecule has 1 rings (SSSR count). The van der Waals surface area contributed by atoms with Crippen LogP contribution in [-0.4, -0.2) is 12.1 Å². The minimum absolute atomic E-state index is 0. The maximum atomic E-state index is 5.43. The molecule has 1 aromatic heterocycles. The summed E-state index contributed by atoms with van der Waals surface area (Å²) in [5.74, 6) is 0.951. The Hall–Kier alpha value is -0.870. The van der Waals surface area contributed by atoms with Crippen LogP contribution in [0.4, 0.5) is 11.5 Å². The Kier molecular flexibility index (Phi) is 6.55. The number of rotatable bonds is 1. The van der Waals surface area contributed by atoms with E-state index in [4.69, 9.17) is 16.2 Å². The molecule has 0 aliphatic carbocycles. The number of nitrogens with zero attached hydrogens (tertiary/aromatic N) is 1. The molecule has 0 aliphatic rings. The monoisotopic (exact) mass is 211 g/mol. The van der Waals surface area contributed by atoms with Gasteiger partial charge in [0, 0.05) is 6.07 Å². The van der Waals surface area contributed by atoms with Crippen LogP contribution < -0.4 is 16.2 Å². The van der Waals surface area contributed by atoms with E-state index in [-0.39, 0.29) is 24.8 Å². The lowest BCUT2D eigenvalue weighted by molar-refractivity contribution is 0.413. The van der Waals surface area contributed by atoms with Gasteiger partial charge in [-0.2, -0.15) is 0 Å². The zero-order valence-corrected chi connectivity index (χ0v) is 8.11. The van der Waals surface area contributed by atoms with Gasteiger partial charge in [0.05, 0.1) is 19.0 Å². The maximum Gasteiger partial charge on any atom is 0.146 e. The van der Waals surface area contributed by atoms with Crippen molar-refractivity contribution in [1.29, 1.82) is 0 Å². The molecule has 4 N–H and O–H groups in total. The van der Waals surface area contributed by atoms with Gasteiger partial charge in [0.2, 0.25) is 0 Å². The number of hydrogen-bond donors (Lipinski definition) is 2. The first-order chi connectivity index (χ1) is 4.74. The largest absolute Gasteiger partial charge is 0.495 e. The number of ether oxygens (including phenoxy) is 1. The molecule has 0 radical (unpaired) electrons. The van der Waals surface area contributed by atoms with Gasteiger partial charge in [0.1, 0.15) is 11.6 Å². The first-order valence-electron chi connectivity index (χ1n) is 2.79. The molecule has 1 heterocycles. The van der Waals surface area contributed by atoms with Gasteiger partial charge in [-0.3, -0.25) is 0 Å². The standard InChI is InChI=1S/C6H9N3O.2ClH/c1-10-4-2-5(7)6(8)9-3-4;;/h2-3H,7H2,1H3,(H2,8,9);2*1H. The number of anilines is 2. The van der Waals surface area contributed by atoms with Crippen LogP contribution in [0.25, 0.3) is 0 Å². The third kappa shape index (κ3) is 3.02. The molecule has 0 saturated carbocycles. The smallest absolute Gasteiger partial charge is 0.146 e. The zero-order valence-electron chi connectivity index (χ0n) is 6.48. The number of hydrogen-bond acceptors (Lipinski definition) is 4. The van der Waals surface area contributed by atoms with Crippen molar-refractivity contribution in [2.75, 3.05) is 18.6 Å². The number of aromatic nitrogens is 1. The van der Waals surface area contributed by atoms with E-state index in [0.717, 1.165) is 0 Å². The van der Waals surface area contributed by atoms with E-state index in [1.807, 2.05) is 0 Å². The molecule has 1 aromatic rings. The van der Waals surface area contributed by atoms with Gasteiger partial charge in [-0.1, -0.05) is 0 Å². The van der Waals surface area contributed by atoms with E-state index < -0.39 is 0 Å². The zero-order chi connectivity index (χ0) is 7.56. The van der Waals surface area contributed by atoms with Crippen molar-refractivity contribution in [2.24, 2.45) is 0 Å². The first kappa shape index (κ1) is 13.7. The summed E-state index contributed by atoms with van der Waals surface area (Å²) in [5, 5.41) is 0. The molecule has 0 atom stereocenters. The first-order valence-corrected chi connectivity index (χ1v) is 2.79. The van der Waals surface area contributed by atoms with E-state index in [9.17, 15) is 0 Å². The molecule has 0 fully saturated rings. The Labute approximate surface area is 83.1 Å². The number of halogens is 2. The fourth-order valence-electron chi connectivity index (χ4n) is 0.584. The second kappa shape index (κ2) is 5.74. The second-order valence-electron chi connectivity index (χ2n) is 1.85. The van der Waals surface area contributed by atoms with Crippen molar-refractivity contribution >= 4 is 36.3 Å². The van der Waals surface area contributed by atoms with Crippen LogP contribution >= 0.6 is 24.8 Å². The summed E-state index contributed by atoms with van der Waals surface area (Å²) in [4.78, 5) is 3.78. The Balaban J connectivity index is 0. The maximum absolute atomic E-state index is 5.43. The summed E-state index contributed by atoms with van der Waals surface area (Å²) in [5.41, 5.74) is 11.2. The number of methoxy groups -OCH3 is 1. The third-order valence-electron chi connectivity index (χ3n) is 1.16. The fraction of sp³-hybridized carbons (Fsp3) is 0.167. The Morgan fingerprint density at radius 2 is 1.92 bits per heavy atom. The van der Waals surface area contributed by atoms with Crippen LogP contribution in [0.5, 0.6) is 5.75 Å². The van der Waals surface area contributed by atoms with Gasteiger partial charge < -0.3 is 16.2 Å². The summed E-state index contributed by atoms with van der Waals surface area (Å²) in [6.07, 6.45) is 1.52. The normalized spacial score (nSPS) is 7.75. The van der Waals surface area contributed by atoms with Crippen molar-refractivity contribution in [3.05, 3.63) is 12.3 Å². The van der Waals surface area contributed by atoms with Gasteiger partial charge in [0.15, 0.2) is 0 Å². The highest BCUT2D eigenvalue weighted by atomic mass is 35.5. The molecular formula is C6H11Cl2N3O. The highest BCUT2D eigenvalue weighted by Gasteiger charge is 1.96. The fourth-order valence-corrected chi connectivity index (χ4v) is 0.584. The molecule has 0 spiro atoms. The van der Waals surface area contributed by atoms with Crippen LogP contribution in [-0.2, 0) is 0 Å². The summed E-state index contributed by atoms with van der Waals surface area (Å²) in [6.45, 7) is 0. The van der Waals surface area contributed by atoms with Crippen molar-refractivity contribution in [1.82, 2.24) is 4.98 Å². The lowest BCUT2D eigenvalue weighted by atomic mass is 10.4. The molecule has 6 heteroatoms. The van der Waals surface area contributed by atoms with E-state index in [1.54, 1.807) is 13.2 Å². The highest BCUT2D eigenvalue weighted by Crippen LogP contribution is 2.17. The van der Waals surface area contributed by atoms with Gasteiger partial charge in [-0.15, -0.1) is 24.8 Å². The molecule has 12 heavy (non-hydrogen) atoms. The van der Waals surface area contributed by atoms with Gasteiger partial charge in [0.25, 0.3) is 0 Å². The molecule has 0 unspecified atom stereocenters. The van der Waals surface area contributed by atoms with Crippen LogP contribution in [0, 0.1) is 0 Å². The van der Waals surface area contributed by atoms with Crippen molar-refractivity contribution in [3.8, 4) is 5.75 Å². The predicted molar refractivity (Wildman–Crippen MR) is 54.1 cm³/mol. The van der Waals surface area contributed by atoms with Crippen molar-refractivity contribution < 1.29 is 4.74 Å². The summed E-state index contributed by atoms with van der Waals surface area (Å²) in [7, 11) is 1.55.